The average molecular weight is 414 g/mol. The van der Waals surface area contributed by atoms with Gasteiger partial charge < -0.3 is 11.1 Å². The Morgan fingerprint density at radius 3 is 2.90 bits per heavy atom. The lowest BCUT2D eigenvalue weighted by atomic mass is 10.2. The van der Waals surface area contributed by atoms with Gasteiger partial charge in [-0.15, -0.1) is 16.4 Å². The fourth-order valence-electron chi connectivity index (χ4n) is 1.81. The first kappa shape index (κ1) is 14.1. The van der Waals surface area contributed by atoms with Crippen LogP contribution in [-0.4, -0.2) is 16.1 Å². The lowest BCUT2D eigenvalue weighted by Gasteiger charge is -2.06. The van der Waals surface area contributed by atoms with Gasteiger partial charge >= 0.3 is 0 Å². The maximum absolute atomic E-state index is 13.1. The minimum Gasteiger partial charge on any atom is -0.397 e. The third-order valence-corrected chi connectivity index (χ3v) is 4.80. The molecule has 0 aliphatic heterocycles. The molecule has 2 heterocycles. The molecule has 8 heteroatoms. The quantitative estimate of drug-likeness (QED) is 0.631. The van der Waals surface area contributed by atoms with Crippen LogP contribution in [0.4, 0.5) is 15.8 Å². The molecule has 0 unspecified atom stereocenters. The smallest absolute Gasteiger partial charge is 0.267 e. The molecule has 0 radical (unpaired) electrons. The minimum absolute atomic E-state index is 0.347. The van der Waals surface area contributed by atoms with E-state index in [0.29, 0.717) is 30.0 Å². The van der Waals surface area contributed by atoms with Crippen LogP contribution in [0.15, 0.2) is 30.5 Å². The number of hydrogen-bond acceptors (Lipinski definition) is 5. The Morgan fingerprint density at radius 2 is 2.19 bits per heavy atom. The van der Waals surface area contributed by atoms with Crippen molar-refractivity contribution in [1.82, 2.24) is 10.2 Å². The molecule has 3 aromatic rings. The number of amides is 1. The van der Waals surface area contributed by atoms with Gasteiger partial charge in [0.05, 0.1) is 17.6 Å². The number of nitrogens with zero attached hydrogens (tertiary/aromatic N) is 2. The van der Waals surface area contributed by atoms with E-state index in [-0.39, 0.29) is 11.7 Å². The molecule has 0 spiro atoms. The molecule has 3 N–H and O–H groups in total. The van der Waals surface area contributed by atoms with Crippen LogP contribution in [0.1, 0.15) is 9.67 Å². The van der Waals surface area contributed by atoms with Gasteiger partial charge in [-0.25, -0.2) is 4.39 Å². The minimum atomic E-state index is -0.353. The molecule has 0 aliphatic rings. The largest absolute Gasteiger partial charge is 0.397 e. The number of halogens is 2. The summed E-state index contributed by atoms with van der Waals surface area (Å²) in [6.07, 6.45) is 1.52. The van der Waals surface area contributed by atoms with Crippen LogP contribution in [0.5, 0.6) is 0 Å². The molecule has 0 aliphatic carbocycles. The Balaban J connectivity index is 1.95. The highest BCUT2D eigenvalue weighted by Gasteiger charge is 2.18. The highest BCUT2D eigenvalue weighted by atomic mass is 127. The van der Waals surface area contributed by atoms with E-state index in [1.54, 1.807) is 6.07 Å². The molecule has 21 heavy (non-hydrogen) atoms. The van der Waals surface area contributed by atoms with Crippen LogP contribution in [0.2, 0.25) is 0 Å². The van der Waals surface area contributed by atoms with Gasteiger partial charge in [-0.2, -0.15) is 5.10 Å². The molecule has 0 saturated carbocycles. The monoisotopic (exact) mass is 414 g/mol. The van der Waals surface area contributed by atoms with Gasteiger partial charge in [0.1, 0.15) is 15.5 Å². The summed E-state index contributed by atoms with van der Waals surface area (Å²) < 4.78 is 13.7. The molecular weight excluding hydrogens is 406 g/mol. The third-order valence-electron chi connectivity index (χ3n) is 2.81. The first-order valence-electron chi connectivity index (χ1n) is 5.82. The Hall–Kier alpha value is -1.81. The lowest BCUT2D eigenvalue weighted by molar-refractivity contribution is 0.103. The second kappa shape index (κ2) is 5.53. The van der Waals surface area contributed by atoms with E-state index in [4.69, 9.17) is 5.73 Å². The average Bonchev–Trinajstić information content (AvgIpc) is 2.80. The fraction of sp³-hybridized carbons (Fsp3) is 0. The van der Waals surface area contributed by atoms with Gasteiger partial charge in [-0.3, -0.25) is 4.79 Å². The van der Waals surface area contributed by atoms with E-state index < -0.39 is 0 Å². The number of hydrogen-bond donors (Lipinski definition) is 2. The van der Waals surface area contributed by atoms with Crippen LogP contribution in [0.3, 0.4) is 0 Å². The molecule has 0 atom stereocenters. The van der Waals surface area contributed by atoms with Crippen LogP contribution < -0.4 is 11.1 Å². The van der Waals surface area contributed by atoms with Gasteiger partial charge in [-0.1, -0.05) is 0 Å². The molecule has 106 valence electrons. The predicted octanol–water partition coefficient (Wildman–Crippen LogP) is 3.27. The highest BCUT2D eigenvalue weighted by Crippen LogP contribution is 2.32. The van der Waals surface area contributed by atoms with Crippen LogP contribution in [0, 0.1) is 9.39 Å². The van der Waals surface area contributed by atoms with Gasteiger partial charge in [-0.05, 0) is 46.9 Å². The molecule has 1 aromatic carbocycles. The zero-order valence-electron chi connectivity index (χ0n) is 10.4. The van der Waals surface area contributed by atoms with Gasteiger partial charge in [0.15, 0.2) is 0 Å². The van der Waals surface area contributed by atoms with Crippen molar-refractivity contribution >= 4 is 61.4 Å². The molecule has 3 rings (SSSR count). The predicted molar refractivity (Wildman–Crippen MR) is 88.9 cm³/mol. The number of carbonyl (C=O) groups is 1. The number of nitrogen functional groups attached to an aromatic ring is 1. The standard InChI is InChI=1S/C13H8FIN4OS/c14-6-1-2-9(8(15)5-6)18-12(20)11-10(16)7-3-4-17-19-13(7)21-11/h1-5H,16H2,(H,18,20). The van der Waals surface area contributed by atoms with E-state index in [1.165, 1.54) is 35.7 Å². The second-order valence-corrected chi connectivity index (χ2v) is 6.33. The number of nitrogens with one attached hydrogen (secondary N) is 1. The van der Waals surface area contributed by atoms with Crippen LogP contribution in [0.25, 0.3) is 10.2 Å². The number of anilines is 2. The third kappa shape index (κ3) is 2.68. The van der Waals surface area contributed by atoms with Crippen molar-refractivity contribution in [1.29, 1.82) is 0 Å². The maximum atomic E-state index is 13.1. The van der Waals surface area contributed by atoms with Crippen molar-refractivity contribution in [3.63, 3.8) is 0 Å². The molecule has 0 fully saturated rings. The normalized spacial score (nSPS) is 10.8. The summed E-state index contributed by atoms with van der Waals surface area (Å²) in [5, 5.41) is 11.1. The van der Waals surface area contributed by atoms with Crippen molar-refractivity contribution in [3.05, 3.63) is 44.7 Å². The number of benzene rings is 1. The molecule has 1 amide bonds. The Labute approximate surface area is 136 Å². The summed E-state index contributed by atoms with van der Waals surface area (Å²) >= 11 is 3.13. The van der Waals surface area contributed by atoms with Crippen molar-refractivity contribution in [2.75, 3.05) is 11.1 Å². The van der Waals surface area contributed by atoms with E-state index in [1.807, 2.05) is 22.6 Å². The zero-order chi connectivity index (χ0) is 15.0. The van der Waals surface area contributed by atoms with Gasteiger partial charge in [0.25, 0.3) is 5.91 Å². The number of rotatable bonds is 2. The number of thiophene rings is 1. The Morgan fingerprint density at radius 1 is 1.38 bits per heavy atom. The summed E-state index contributed by atoms with van der Waals surface area (Å²) in [7, 11) is 0. The van der Waals surface area contributed by atoms with Crippen molar-refractivity contribution in [2.45, 2.75) is 0 Å². The van der Waals surface area contributed by atoms with Crippen LogP contribution >= 0.6 is 33.9 Å². The maximum Gasteiger partial charge on any atom is 0.267 e. The van der Waals surface area contributed by atoms with Gasteiger partial charge in [0, 0.05) is 8.96 Å². The summed E-state index contributed by atoms with van der Waals surface area (Å²) in [6, 6.07) is 5.86. The lowest BCUT2D eigenvalue weighted by Crippen LogP contribution is -2.12. The van der Waals surface area contributed by atoms with E-state index >= 15 is 0 Å². The molecular formula is C13H8FIN4OS. The first-order chi connectivity index (χ1) is 10.1. The Bertz CT molecular complexity index is 851. The molecule has 2 aromatic heterocycles. The van der Waals surface area contributed by atoms with Crippen molar-refractivity contribution < 1.29 is 9.18 Å². The number of fused-ring (bicyclic) bond motifs is 1. The summed E-state index contributed by atoms with van der Waals surface area (Å²) in [5.74, 6) is -0.700. The first-order valence-corrected chi connectivity index (χ1v) is 7.72. The fourth-order valence-corrected chi connectivity index (χ4v) is 3.36. The van der Waals surface area contributed by atoms with E-state index in [0.717, 1.165) is 0 Å². The van der Waals surface area contributed by atoms with Gasteiger partial charge in [0.2, 0.25) is 0 Å². The topological polar surface area (TPSA) is 80.9 Å². The second-order valence-electron chi connectivity index (χ2n) is 4.17. The van der Waals surface area contributed by atoms with E-state index in [9.17, 15) is 9.18 Å². The zero-order valence-corrected chi connectivity index (χ0v) is 13.4. The number of nitrogens with two attached hydrogens (primary N) is 1. The number of aromatic nitrogens is 2. The summed E-state index contributed by atoms with van der Waals surface area (Å²) in [6.45, 7) is 0. The van der Waals surface area contributed by atoms with Crippen molar-refractivity contribution in [2.24, 2.45) is 0 Å². The van der Waals surface area contributed by atoms with Crippen molar-refractivity contribution in [3.8, 4) is 0 Å². The molecule has 0 saturated heterocycles. The Kier molecular flexibility index (Phi) is 3.72. The summed E-state index contributed by atoms with van der Waals surface area (Å²) in [4.78, 5) is 13.3. The molecule has 5 nitrogen and oxygen atoms in total. The highest BCUT2D eigenvalue weighted by molar-refractivity contribution is 14.1. The number of carbonyl (C=O) groups excluding carboxylic acids is 1. The van der Waals surface area contributed by atoms with E-state index in [2.05, 4.69) is 15.5 Å². The summed E-state index contributed by atoms with van der Waals surface area (Å²) in [5.41, 5.74) is 6.88. The van der Waals surface area contributed by atoms with Crippen LogP contribution in [-0.2, 0) is 0 Å². The molecule has 0 bridgehead atoms. The SMILES string of the molecule is Nc1c(C(=O)Nc2ccc(F)cc2I)sc2nnccc12.